The van der Waals surface area contributed by atoms with Gasteiger partial charge in [0.2, 0.25) is 10.0 Å². The number of halogens is 1. The molecule has 1 aromatic heterocycles. The lowest BCUT2D eigenvalue weighted by Gasteiger charge is -2.22. The molecule has 8 heteroatoms. The van der Waals surface area contributed by atoms with Crippen molar-refractivity contribution in [3.63, 3.8) is 0 Å². The van der Waals surface area contributed by atoms with Crippen LogP contribution in [0.2, 0.25) is 0 Å². The largest absolute Gasteiger partial charge is 0.253 e. The summed E-state index contributed by atoms with van der Waals surface area (Å²) in [7, 11) is -3.56. The second-order valence-electron chi connectivity index (χ2n) is 6.25. The van der Waals surface area contributed by atoms with Gasteiger partial charge in [0.25, 0.3) is 0 Å². The van der Waals surface area contributed by atoms with Gasteiger partial charge in [-0.05, 0) is 42.3 Å². The fourth-order valence-electron chi connectivity index (χ4n) is 3.13. The van der Waals surface area contributed by atoms with Gasteiger partial charge < -0.3 is 0 Å². The zero-order valence-corrected chi connectivity index (χ0v) is 15.4. The predicted molar refractivity (Wildman–Crippen MR) is 101 cm³/mol. The Hall–Kier alpha value is -2.87. The SMILES string of the molecule is CCS(=O)(=O)N1N=C(c2ccc(F)cc2)C[C@@H]1c1ccc2nccnc2c1. The van der Waals surface area contributed by atoms with Gasteiger partial charge >= 0.3 is 0 Å². The highest BCUT2D eigenvalue weighted by atomic mass is 32.2. The number of hydrogen-bond acceptors (Lipinski definition) is 5. The summed E-state index contributed by atoms with van der Waals surface area (Å²) < 4.78 is 39.6. The van der Waals surface area contributed by atoms with Crippen molar-refractivity contribution in [3.8, 4) is 0 Å². The molecule has 1 aliphatic heterocycles. The van der Waals surface area contributed by atoms with Gasteiger partial charge in [-0.15, -0.1) is 0 Å². The zero-order valence-electron chi connectivity index (χ0n) is 14.6. The van der Waals surface area contributed by atoms with Crippen molar-refractivity contribution in [1.82, 2.24) is 14.4 Å². The third-order valence-corrected chi connectivity index (χ3v) is 6.21. The van der Waals surface area contributed by atoms with E-state index in [1.807, 2.05) is 18.2 Å². The highest BCUT2D eigenvalue weighted by molar-refractivity contribution is 7.89. The molecule has 0 amide bonds. The fourth-order valence-corrected chi connectivity index (χ4v) is 4.20. The number of fused-ring (bicyclic) bond motifs is 1. The van der Waals surface area contributed by atoms with E-state index in [0.29, 0.717) is 23.2 Å². The Morgan fingerprint density at radius 1 is 1.07 bits per heavy atom. The third kappa shape index (κ3) is 3.28. The van der Waals surface area contributed by atoms with E-state index in [2.05, 4.69) is 15.1 Å². The minimum Gasteiger partial charge on any atom is -0.253 e. The van der Waals surface area contributed by atoms with Gasteiger partial charge in [-0.1, -0.05) is 18.2 Å². The first kappa shape index (κ1) is 17.5. The van der Waals surface area contributed by atoms with Crippen LogP contribution in [0, 0.1) is 5.82 Å². The molecule has 6 nitrogen and oxygen atoms in total. The van der Waals surface area contributed by atoms with E-state index in [4.69, 9.17) is 0 Å². The Morgan fingerprint density at radius 2 is 1.78 bits per heavy atom. The summed E-state index contributed by atoms with van der Waals surface area (Å²) in [5, 5.41) is 4.37. The summed E-state index contributed by atoms with van der Waals surface area (Å²) >= 11 is 0. The van der Waals surface area contributed by atoms with E-state index in [0.717, 1.165) is 11.1 Å². The molecule has 0 aliphatic carbocycles. The lowest BCUT2D eigenvalue weighted by molar-refractivity contribution is 0.372. The molecule has 0 unspecified atom stereocenters. The molecule has 0 bridgehead atoms. The van der Waals surface area contributed by atoms with E-state index in [1.165, 1.54) is 16.5 Å². The molecule has 138 valence electrons. The monoisotopic (exact) mass is 384 g/mol. The van der Waals surface area contributed by atoms with Crippen LogP contribution in [0.15, 0.2) is 60.0 Å². The lowest BCUT2D eigenvalue weighted by Crippen LogP contribution is -2.28. The van der Waals surface area contributed by atoms with Gasteiger partial charge in [0.05, 0.1) is 28.5 Å². The molecule has 1 atom stereocenters. The summed E-state index contributed by atoms with van der Waals surface area (Å²) in [6, 6.07) is 11.0. The Balaban J connectivity index is 1.77. The molecule has 0 N–H and O–H groups in total. The zero-order chi connectivity index (χ0) is 19.0. The molecule has 0 saturated heterocycles. The Kier molecular flexibility index (Phi) is 4.35. The van der Waals surface area contributed by atoms with Crippen molar-refractivity contribution in [1.29, 1.82) is 0 Å². The predicted octanol–water partition coefficient (Wildman–Crippen LogP) is 3.27. The summed E-state index contributed by atoms with van der Waals surface area (Å²) in [6.45, 7) is 1.59. The molecule has 2 heterocycles. The van der Waals surface area contributed by atoms with Crippen molar-refractivity contribution in [2.24, 2.45) is 5.10 Å². The van der Waals surface area contributed by atoms with Gasteiger partial charge in [-0.2, -0.15) is 9.52 Å². The van der Waals surface area contributed by atoms with Gasteiger partial charge in [0.1, 0.15) is 5.82 Å². The van der Waals surface area contributed by atoms with Crippen LogP contribution < -0.4 is 0 Å². The third-order valence-electron chi connectivity index (χ3n) is 4.58. The molecule has 0 radical (unpaired) electrons. The maximum Gasteiger partial charge on any atom is 0.250 e. The standard InChI is InChI=1S/C19H17FN4O2S/c1-2-27(25,26)24-19(12-17(23-24)13-3-6-15(20)7-4-13)14-5-8-16-18(11-14)22-10-9-21-16/h3-11,19H,2,12H2,1H3/t19-/m1/s1. The number of aromatic nitrogens is 2. The van der Waals surface area contributed by atoms with Crippen LogP contribution >= 0.6 is 0 Å². The average molecular weight is 384 g/mol. The highest BCUT2D eigenvalue weighted by Crippen LogP contribution is 2.35. The number of hydrogen-bond donors (Lipinski definition) is 0. The molecular formula is C19H17FN4O2S. The maximum absolute atomic E-state index is 13.2. The topological polar surface area (TPSA) is 75.5 Å². The van der Waals surface area contributed by atoms with Crippen molar-refractivity contribution in [2.75, 3.05) is 5.75 Å². The quantitative estimate of drug-likeness (QED) is 0.692. The summed E-state index contributed by atoms with van der Waals surface area (Å²) in [5.41, 5.74) is 3.54. The summed E-state index contributed by atoms with van der Waals surface area (Å²) in [5.74, 6) is -0.406. The van der Waals surface area contributed by atoms with Crippen LogP contribution in [0.25, 0.3) is 11.0 Å². The van der Waals surface area contributed by atoms with E-state index in [1.54, 1.807) is 31.5 Å². The van der Waals surface area contributed by atoms with Crippen LogP contribution in [-0.2, 0) is 10.0 Å². The Morgan fingerprint density at radius 3 is 2.48 bits per heavy atom. The normalized spacial score (nSPS) is 17.3. The van der Waals surface area contributed by atoms with E-state index in [9.17, 15) is 12.8 Å². The first-order valence-electron chi connectivity index (χ1n) is 8.54. The maximum atomic E-state index is 13.2. The number of rotatable bonds is 4. The van der Waals surface area contributed by atoms with Gasteiger partial charge in [0, 0.05) is 18.8 Å². The summed E-state index contributed by atoms with van der Waals surface area (Å²) in [4.78, 5) is 8.54. The molecule has 0 saturated carbocycles. The second kappa shape index (κ2) is 6.70. The van der Waals surface area contributed by atoms with E-state index < -0.39 is 16.1 Å². The Bertz CT molecular complexity index is 1130. The van der Waals surface area contributed by atoms with Gasteiger partial charge in [-0.25, -0.2) is 12.8 Å². The van der Waals surface area contributed by atoms with Crippen LogP contribution in [0.3, 0.4) is 0 Å². The number of benzene rings is 2. The van der Waals surface area contributed by atoms with Crippen molar-refractivity contribution in [2.45, 2.75) is 19.4 Å². The Labute approximate surface area is 156 Å². The number of hydrazone groups is 1. The fraction of sp³-hybridized carbons (Fsp3) is 0.211. The second-order valence-corrected chi connectivity index (χ2v) is 8.37. The van der Waals surface area contributed by atoms with Crippen LogP contribution in [0.5, 0.6) is 0 Å². The number of nitrogens with zero attached hydrogens (tertiary/aromatic N) is 4. The molecule has 1 aliphatic rings. The van der Waals surface area contributed by atoms with Crippen LogP contribution in [0.4, 0.5) is 4.39 Å². The molecule has 27 heavy (non-hydrogen) atoms. The number of sulfonamides is 1. The average Bonchev–Trinajstić information content (AvgIpc) is 3.14. The van der Waals surface area contributed by atoms with Crippen molar-refractivity contribution in [3.05, 3.63) is 71.8 Å². The molecule has 3 aromatic rings. The first-order valence-corrected chi connectivity index (χ1v) is 10.1. The summed E-state index contributed by atoms with van der Waals surface area (Å²) in [6.07, 6.45) is 3.61. The van der Waals surface area contributed by atoms with E-state index >= 15 is 0 Å². The smallest absolute Gasteiger partial charge is 0.250 e. The molecule has 0 spiro atoms. The molecular weight excluding hydrogens is 367 g/mol. The highest BCUT2D eigenvalue weighted by Gasteiger charge is 2.36. The van der Waals surface area contributed by atoms with Crippen LogP contribution in [0.1, 0.15) is 30.5 Å². The molecule has 0 fully saturated rings. The minimum atomic E-state index is -3.56. The van der Waals surface area contributed by atoms with Gasteiger partial charge in [-0.3, -0.25) is 9.97 Å². The van der Waals surface area contributed by atoms with Crippen molar-refractivity contribution >= 4 is 26.8 Å². The van der Waals surface area contributed by atoms with Crippen LogP contribution in [-0.4, -0.2) is 34.3 Å². The molecule has 4 rings (SSSR count). The van der Waals surface area contributed by atoms with Gasteiger partial charge in [0.15, 0.2) is 0 Å². The lowest BCUT2D eigenvalue weighted by atomic mass is 9.99. The minimum absolute atomic E-state index is 0.0584. The van der Waals surface area contributed by atoms with Crippen molar-refractivity contribution < 1.29 is 12.8 Å². The molecule has 2 aromatic carbocycles. The van der Waals surface area contributed by atoms with E-state index in [-0.39, 0.29) is 11.6 Å². The first-order chi connectivity index (χ1) is 13.0.